The first-order valence-electron chi connectivity index (χ1n) is 13.6. The normalized spacial score (nSPS) is 20.4. The second-order valence-electron chi connectivity index (χ2n) is 10.8. The van der Waals surface area contributed by atoms with E-state index >= 15 is 0 Å². The molecule has 12 nitrogen and oxygen atoms in total. The summed E-state index contributed by atoms with van der Waals surface area (Å²) in [5.74, 6) is -2.94. The number of hydrogen-bond donors (Lipinski definition) is 4. The van der Waals surface area contributed by atoms with Crippen LogP contribution >= 0.6 is 11.8 Å². The Morgan fingerprint density at radius 1 is 1.04 bits per heavy atom. The molecule has 3 heterocycles. The van der Waals surface area contributed by atoms with Crippen molar-refractivity contribution in [3.8, 4) is 11.5 Å². The zero-order valence-corrected chi connectivity index (χ0v) is 27.7. The van der Waals surface area contributed by atoms with Crippen molar-refractivity contribution < 1.29 is 63.7 Å². The molecule has 1 aromatic heterocycles. The molecule has 0 radical (unpaired) electrons. The summed E-state index contributed by atoms with van der Waals surface area (Å²) < 4.78 is 4.29. The molecule has 3 amide bonds. The number of carbonyl (C=O) groups excluding carboxylic acids is 4. The molecule has 4 N–H and O–H groups in total. The van der Waals surface area contributed by atoms with Gasteiger partial charge in [-0.2, -0.15) is 0 Å². The van der Waals surface area contributed by atoms with Crippen LogP contribution in [0.3, 0.4) is 0 Å². The number of benzene rings is 2. The minimum Gasteiger partial charge on any atom is -0.548 e. The summed E-state index contributed by atoms with van der Waals surface area (Å²) in [4.78, 5) is 68.1. The Morgan fingerprint density at radius 3 is 2.31 bits per heavy atom. The smallest absolute Gasteiger partial charge is 0.548 e. The average Bonchev–Trinajstić information content (AvgIpc) is 3.25. The van der Waals surface area contributed by atoms with Gasteiger partial charge in [0.25, 0.3) is 11.5 Å². The number of pyridine rings is 1. The van der Waals surface area contributed by atoms with Gasteiger partial charge in [0.05, 0.1) is 19.1 Å². The molecule has 0 spiro atoms. The van der Waals surface area contributed by atoms with Gasteiger partial charge in [-0.05, 0) is 67.4 Å². The number of phenolic OH excluding ortho intramolecular Hbond substituents is 1. The van der Waals surface area contributed by atoms with Gasteiger partial charge < -0.3 is 40.3 Å². The summed E-state index contributed by atoms with van der Waals surface area (Å²) in [6, 6.07) is 12.1. The topological polar surface area (TPSA) is 181 Å². The number of carboxylic acids is 1. The number of nitrogens with one attached hydrogen (secondary N) is 3. The molecule has 45 heavy (non-hydrogen) atoms. The third kappa shape index (κ3) is 6.96. The number of aliphatic carboxylic acids is 1. The number of hydrogen-bond acceptors (Lipinski definition) is 9. The van der Waals surface area contributed by atoms with Crippen LogP contribution in [-0.2, 0) is 14.4 Å². The molecule has 0 aliphatic carbocycles. The van der Waals surface area contributed by atoms with E-state index < -0.39 is 57.5 Å². The van der Waals surface area contributed by atoms with Crippen LogP contribution in [0.2, 0.25) is 0 Å². The number of nitrogens with zero attached hydrogens (tertiary/aromatic N) is 1. The number of amides is 3. The number of phenols is 1. The van der Waals surface area contributed by atoms with Crippen molar-refractivity contribution >= 4 is 47.6 Å². The standard InChI is InChI=1S/C31H30N4O8S.Na/c1-31(2)24(30(41)42)35-28(40)23(29(35)44-31)34-27(39)22(17-7-11-19(36)12-8-17)33-26(38)21-15-10-18(32-25(21)37)9-4-16-5-13-20(43-3)14-6-16;/h4-15,22-24,29,36H,1-3H3,(H,32,37)(H,33,38)(H,34,39)(H,41,42);/q;+1/p-1/b9-4-;/t22?,23-,24+,29-;/m1./s1. The Bertz CT molecular complexity index is 1710. The van der Waals surface area contributed by atoms with Gasteiger partial charge in [-0.3, -0.25) is 19.2 Å². The van der Waals surface area contributed by atoms with Gasteiger partial charge >= 0.3 is 29.6 Å². The number of carboxylic acid groups (broad SMARTS) is 1. The van der Waals surface area contributed by atoms with Crippen LogP contribution in [0.25, 0.3) is 12.2 Å². The summed E-state index contributed by atoms with van der Waals surface area (Å²) >= 11 is 1.23. The number of thioether (sulfide) groups is 1. The molecule has 2 aliphatic heterocycles. The monoisotopic (exact) mass is 640 g/mol. The maximum Gasteiger partial charge on any atom is 1.00 e. The van der Waals surface area contributed by atoms with E-state index in [2.05, 4.69) is 15.6 Å². The van der Waals surface area contributed by atoms with Crippen molar-refractivity contribution in [2.45, 2.75) is 42.1 Å². The minimum absolute atomic E-state index is 0. The van der Waals surface area contributed by atoms with E-state index in [4.69, 9.17) is 4.74 Å². The Kier molecular flexibility index (Phi) is 10.2. The molecule has 14 heteroatoms. The molecule has 3 aromatic rings. The molecular weight excluding hydrogens is 611 g/mol. The van der Waals surface area contributed by atoms with Crippen LogP contribution in [0.1, 0.15) is 47.1 Å². The summed E-state index contributed by atoms with van der Waals surface area (Å²) in [6.07, 6.45) is 3.45. The van der Waals surface area contributed by atoms with Crippen LogP contribution in [0.5, 0.6) is 11.5 Å². The van der Waals surface area contributed by atoms with Crippen LogP contribution in [-0.4, -0.2) is 68.0 Å². The van der Waals surface area contributed by atoms with Crippen LogP contribution in [0.15, 0.2) is 65.5 Å². The fourth-order valence-electron chi connectivity index (χ4n) is 5.20. The van der Waals surface area contributed by atoms with Crippen molar-refractivity contribution in [2.24, 2.45) is 0 Å². The largest absolute Gasteiger partial charge is 1.00 e. The van der Waals surface area contributed by atoms with Gasteiger partial charge in [0.2, 0.25) is 11.8 Å². The maximum atomic E-state index is 13.5. The number of aromatic amines is 1. The number of aromatic nitrogens is 1. The molecular formula is C31H29N4NaO8S. The second-order valence-corrected chi connectivity index (χ2v) is 12.6. The number of methoxy groups -OCH3 is 1. The Morgan fingerprint density at radius 2 is 1.71 bits per heavy atom. The van der Waals surface area contributed by atoms with E-state index in [0.29, 0.717) is 11.4 Å². The number of aromatic hydroxyl groups is 1. The first kappa shape index (κ1) is 33.8. The quantitative estimate of drug-likeness (QED) is 0.152. The van der Waals surface area contributed by atoms with E-state index in [1.165, 1.54) is 47.0 Å². The fourth-order valence-corrected chi connectivity index (χ4v) is 6.83. The van der Waals surface area contributed by atoms with Gasteiger partial charge in [-0.15, -0.1) is 11.8 Å². The van der Waals surface area contributed by atoms with Gasteiger partial charge in [0, 0.05) is 10.4 Å². The van der Waals surface area contributed by atoms with Crippen molar-refractivity contribution in [2.75, 3.05) is 7.11 Å². The van der Waals surface area contributed by atoms with E-state index in [1.807, 2.05) is 12.1 Å². The van der Waals surface area contributed by atoms with E-state index in [0.717, 1.165) is 5.56 Å². The van der Waals surface area contributed by atoms with Crippen LogP contribution in [0, 0.1) is 0 Å². The molecule has 228 valence electrons. The first-order chi connectivity index (χ1) is 20.9. The summed E-state index contributed by atoms with van der Waals surface area (Å²) in [5, 5.41) is 26.0. The molecule has 0 bridgehead atoms. The van der Waals surface area contributed by atoms with E-state index in [9.17, 15) is 34.2 Å². The van der Waals surface area contributed by atoms with Gasteiger partial charge in [-0.1, -0.05) is 30.3 Å². The first-order valence-corrected chi connectivity index (χ1v) is 14.4. The second kappa shape index (κ2) is 13.5. The zero-order valence-electron chi connectivity index (χ0n) is 24.9. The minimum atomic E-state index is -1.38. The molecule has 1 unspecified atom stereocenters. The van der Waals surface area contributed by atoms with Crippen molar-refractivity contribution in [1.82, 2.24) is 20.5 Å². The Labute approximate surface area is 284 Å². The Balaban J connectivity index is 0.00000461. The molecule has 0 saturated carbocycles. The van der Waals surface area contributed by atoms with Crippen LogP contribution < -0.4 is 55.6 Å². The SMILES string of the molecule is COc1ccc(/C=C\c2ccc(C(=O)NC(C(=O)N[C@@H]3C(=O)N4[C@@H]3SC(C)(C)[C@@H]4C(=O)[O-])c3ccc(O)cc3)c(=O)[nH]2)cc1.[Na+]. The number of β-lactam (4-membered cyclic amide) rings is 1. The molecule has 4 atom stereocenters. The molecule has 2 aromatic carbocycles. The average molecular weight is 641 g/mol. The predicted molar refractivity (Wildman–Crippen MR) is 160 cm³/mol. The van der Waals surface area contributed by atoms with E-state index in [-0.39, 0.29) is 46.4 Å². The van der Waals surface area contributed by atoms with Crippen LogP contribution in [0.4, 0.5) is 0 Å². The summed E-state index contributed by atoms with van der Waals surface area (Å²) in [6.45, 7) is 3.36. The summed E-state index contributed by atoms with van der Waals surface area (Å²) in [7, 11) is 1.57. The molecule has 2 saturated heterocycles. The number of rotatable bonds is 9. The third-order valence-corrected chi connectivity index (χ3v) is 9.05. The molecule has 2 aliphatic rings. The van der Waals surface area contributed by atoms with Crippen molar-refractivity contribution in [1.29, 1.82) is 0 Å². The van der Waals surface area contributed by atoms with Gasteiger partial charge in [0.15, 0.2) is 0 Å². The molecule has 2 fully saturated rings. The fraction of sp³-hybridized carbons (Fsp3) is 0.258. The third-order valence-electron chi connectivity index (χ3n) is 7.47. The Hall–Kier alpha value is -4.04. The van der Waals surface area contributed by atoms with Gasteiger partial charge in [0.1, 0.15) is 34.5 Å². The van der Waals surface area contributed by atoms with Crippen molar-refractivity contribution in [3.63, 3.8) is 0 Å². The van der Waals surface area contributed by atoms with E-state index in [1.54, 1.807) is 51.3 Å². The number of fused-ring (bicyclic) bond motifs is 1. The zero-order chi connectivity index (χ0) is 31.8. The van der Waals surface area contributed by atoms with Gasteiger partial charge in [-0.25, -0.2) is 0 Å². The number of H-pyrrole nitrogens is 1. The number of ether oxygens (including phenoxy) is 1. The summed E-state index contributed by atoms with van der Waals surface area (Å²) in [5.41, 5.74) is 0.639. The maximum absolute atomic E-state index is 13.5. The van der Waals surface area contributed by atoms with Crippen molar-refractivity contribution in [3.05, 3.63) is 93.4 Å². The predicted octanol–water partition coefficient (Wildman–Crippen LogP) is -1.97. The molecule has 5 rings (SSSR count). The number of carbonyl (C=O) groups is 4.